The lowest BCUT2D eigenvalue weighted by Crippen LogP contribution is -2.09. The molecular weight excluding hydrogens is 254 g/mol. The van der Waals surface area contributed by atoms with E-state index in [0.717, 1.165) is 43.5 Å². The molecule has 0 atom stereocenters. The summed E-state index contributed by atoms with van der Waals surface area (Å²) in [4.78, 5) is 10.9. The van der Waals surface area contributed by atoms with Gasteiger partial charge in [-0.05, 0) is 25.0 Å². The molecule has 0 N–H and O–H groups in total. The number of benzene rings is 1. The van der Waals surface area contributed by atoms with E-state index in [1.165, 1.54) is 0 Å². The van der Waals surface area contributed by atoms with Crippen LogP contribution in [0.2, 0.25) is 0 Å². The molecule has 104 valence electrons. The van der Waals surface area contributed by atoms with Gasteiger partial charge in [-0.25, -0.2) is 4.68 Å². The molecule has 0 amide bonds. The summed E-state index contributed by atoms with van der Waals surface area (Å²) in [7, 11) is 0. The summed E-state index contributed by atoms with van der Waals surface area (Å²) >= 11 is 0. The first-order valence-corrected chi connectivity index (χ1v) is 6.95. The molecule has 20 heavy (non-hydrogen) atoms. The molecule has 3 rings (SSSR count). The highest BCUT2D eigenvalue weighted by atomic mass is 16.5. The number of hydrogen-bond donors (Lipinski definition) is 0. The lowest BCUT2D eigenvalue weighted by molar-refractivity contribution is 0.111. The fraction of sp³-hybridized carbons (Fsp3) is 0.400. The first kappa shape index (κ1) is 12.8. The van der Waals surface area contributed by atoms with Gasteiger partial charge < -0.3 is 4.74 Å². The third kappa shape index (κ3) is 2.87. The normalized spacial score (nSPS) is 14.2. The van der Waals surface area contributed by atoms with Crippen LogP contribution in [0.25, 0.3) is 0 Å². The fourth-order valence-corrected chi connectivity index (χ4v) is 2.28. The largest absolute Gasteiger partial charge is 0.494 e. The average Bonchev–Trinajstić information content (AvgIpc) is 3.25. The molecule has 0 radical (unpaired) electrons. The molecule has 1 aromatic heterocycles. The van der Waals surface area contributed by atoms with Crippen molar-refractivity contribution >= 4 is 6.29 Å². The van der Waals surface area contributed by atoms with Gasteiger partial charge in [-0.3, -0.25) is 4.79 Å². The SMILES string of the molecule is O=Cc1nnn(CCCOc2ccccc2)c1C1CC1. The summed E-state index contributed by atoms with van der Waals surface area (Å²) in [6.07, 6.45) is 3.91. The number of aldehydes is 1. The topological polar surface area (TPSA) is 57.0 Å². The molecule has 1 saturated carbocycles. The van der Waals surface area contributed by atoms with Gasteiger partial charge in [-0.1, -0.05) is 23.4 Å². The third-order valence-corrected chi connectivity index (χ3v) is 3.40. The molecule has 0 unspecified atom stereocenters. The average molecular weight is 271 g/mol. The maximum Gasteiger partial charge on any atom is 0.172 e. The van der Waals surface area contributed by atoms with Crippen molar-refractivity contribution in [1.82, 2.24) is 15.0 Å². The van der Waals surface area contributed by atoms with Gasteiger partial charge in [0.25, 0.3) is 0 Å². The van der Waals surface area contributed by atoms with E-state index >= 15 is 0 Å². The van der Waals surface area contributed by atoms with Crippen LogP contribution in [0, 0.1) is 0 Å². The van der Waals surface area contributed by atoms with Crippen LogP contribution in [0.5, 0.6) is 5.75 Å². The van der Waals surface area contributed by atoms with E-state index in [-0.39, 0.29) is 0 Å². The van der Waals surface area contributed by atoms with Gasteiger partial charge in [0.05, 0.1) is 12.3 Å². The number of para-hydroxylation sites is 1. The van der Waals surface area contributed by atoms with E-state index in [2.05, 4.69) is 10.3 Å². The van der Waals surface area contributed by atoms with Crippen LogP contribution in [0.4, 0.5) is 0 Å². The van der Waals surface area contributed by atoms with E-state index in [1.807, 2.05) is 35.0 Å². The maximum absolute atomic E-state index is 10.9. The molecule has 1 heterocycles. The zero-order chi connectivity index (χ0) is 13.8. The molecule has 1 fully saturated rings. The molecule has 0 bridgehead atoms. The predicted molar refractivity (Wildman–Crippen MR) is 73.9 cm³/mol. The minimum atomic E-state index is 0.472. The Morgan fingerprint density at radius 2 is 2.10 bits per heavy atom. The second kappa shape index (κ2) is 5.86. The highest BCUT2D eigenvalue weighted by Crippen LogP contribution is 2.40. The zero-order valence-electron chi connectivity index (χ0n) is 11.2. The lowest BCUT2D eigenvalue weighted by Gasteiger charge is -2.07. The van der Waals surface area contributed by atoms with Crippen molar-refractivity contribution in [3.8, 4) is 5.75 Å². The van der Waals surface area contributed by atoms with E-state index in [0.29, 0.717) is 18.2 Å². The Balaban J connectivity index is 1.54. The number of aromatic nitrogens is 3. The quantitative estimate of drug-likeness (QED) is 0.573. The van der Waals surface area contributed by atoms with Crippen molar-refractivity contribution in [2.24, 2.45) is 0 Å². The van der Waals surface area contributed by atoms with Gasteiger partial charge in [-0.15, -0.1) is 5.10 Å². The minimum Gasteiger partial charge on any atom is -0.494 e. The molecule has 0 aliphatic heterocycles. The van der Waals surface area contributed by atoms with Crippen molar-refractivity contribution in [3.63, 3.8) is 0 Å². The summed E-state index contributed by atoms with van der Waals surface area (Å²) in [5, 5.41) is 8.01. The fourth-order valence-electron chi connectivity index (χ4n) is 2.28. The molecule has 2 aromatic rings. The van der Waals surface area contributed by atoms with E-state index < -0.39 is 0 Å². The van der Waals surface area contributed by atoms with Crippen molar-refractivity contribution in [2.75, 3.05) is 6.61 Å². The monoisotopic (exact) mass is 271 g/mol. The van der Waals surface area contributed by atoms with Crippen LogP contribution in [0.15, 0.2) is 30.3 Å². The van der Waals surface area contributed by atoms with Crippen LogP contribution >= 0.6 is 0 Å². The first-order valence-electron chi connectivity index (χ1n) is 6.95. The molecule has 0 saturated heterocycles. The Hall–Kier alpha value is -2.17. The van der Waals surface area contributed by atoms with Gasteiger partial charge in [0, 0.05) is 18.9 Å². The lowest BCUT2D eigenvalue weighted by atomic mass is 10.2. The highest BCUT2D eigenvalue weighted by molar-refractivity contribution is 5.73. The van der Waals surface area contributed by atoms with Gasteiger partial charge in [0.15, 0.2) is 6.29 Å². The number of carbonyl (C=O) groups excluding carboxylic acids is 1. The maximum atomic E-state index is 10.9. The Bertz CT molecular complexity index is 576. The van der Waals surface area contributed by atoms with E-state index in [9.17, 15) is 4.79 Å². The van der Waals surface area contributed by atoms with Gasteiger partial charge in [-0.2, -0.15) is 0 Å². The second-order valence-corrected chi connectivity index (χ2v) is 4.99. The molecule has 5 heteroatoms. The second-order valence-electron chi connectivity index (χ2n) is 4.99. The smallest absolute Gasteiger partial charge is 0.172 e. The van der Waals surface area contributed by atoms with E-state index in [1.54, 1.807) is 0 Å². The standard InChI is InChI=1S/C15H17N3O2/c19-11-14-15(12-7-8-12)18(17-16-14)9-4-10-20-13-5-2-1-3-6-13/h1-3,5-6,11-12H,4,7-10H2. The molecular formula is C15H17N3O2. The van der Waals surface area contributed by atoms with Crippen LogP contribution in [-0.4, -0.2) is 27.9 Å². The molecule has 5 nitrogen and oxygen atoms in total. The summed E-state index contributed by atoms with van der Waals surface area (Å²) in [5.41, 5.74) is 1.50. The number of carbonyl (C=O) groups is 1. The predicted octanol–water partition coefficient (Wildman–Crippen LogP) is 2.44. The van der Waals surface area contributed by atoms with Crippen LogP contribution in [-0.2, 0) is 6.54 Å². The summed E-state index contributed by atoms with van der Waals surface area (Å²) in [6.45, 7) is 1.36. The molecule has 0 spiro atoms. The Labute approximate surface area is 117 Å². The Morgan fingerprint density at radius 3 is 2.80 bits per heavy atom. The van der Waals surface area contributed by atoms with Gasteiger partial charge in [0.2, 0.25) is 0 Å². The van der Waals surface area contributed by atoms with Crippen LogP contribution in [0.3, 0.4) is 0 Å². The van der Waals surface area contributed by atoms with Crippen molar-refractivity contribution < 1.29 is 9.53 Å². The van der Waals surface area contributed by atoms with Crippen molar-refractivity contribution in [2.45, 2.75) is 31.7 Å². The molecule has 1 aliphatic rings. The summed E-state index contributed by atoms with van der Waals surface area (Å²) < 4.78 is 7.50. The Kier molecular flexibility index (Phi) is 3.76. The third-order valence-electron chi connectivity index (χ3n) is 3.40. The summed E-state index contributed by atoms with van der Waals surface area (Å²) in [5.74, 6) is 1.35. The Morgan fingerprint density at radius 1 is 1.30 bits per heavy atom. The van der Waals surface area contributed by atoms with Crippen molar-refractivity contribution in [1.29, 1.82) is 0 Å². The van der Waals surface area contributed by atoms with Crippen LogP contribution < -0.4 is 4.74 Å². The zero-order valence-corrected chi connectivity index (χ0v) is 11.2. The van der Waals surface area contributed by atoms with Crippen molar-refractivity contribution in [3.05, 3.63) is 41.7 Å². The highest BCUT2D eigenvalue weighted by Gasteiger charge is 2.30. The number of aryl methyl sites for hydroxylation is 1. The van der Waals surface area contributed by atoms with Gasteiger partial charge >= 0.3 is 0 Å². The van der Waals surface area contributed by atoms with Crippen LogP contribution in [0.1, 0.15) is 41.4 Å². The number of hydrogen-bond acceptors (Lipinski definition) is 4. The van der Waals surface area contributed by atoms with Gasteiger partial charge in [0.1, 0.15) is 11.4 Å². The number of nitrogens with zero attached hydrogens (tertiary/aromatic N) is 3. The number of rotatable bonds is 7. The number of ether oxygens (including phenoxy) is 1. The minimum absolute atomic E-state index is 0.472. The van der Waals surface area contributed by atoms with E-state index in [4.69, 9.17) is 4.74 Å². The molecule has 1 aromatic carbocycles. The molecule has 1 aliphatic carbocycles. The summed E-state index contributed by atoms with van der Waals surface area (Å²) in [6, 6.07) is 9.75. The first-order chi connectivity index (χ1) is 9.88.